The average Bonchev–Trinajstić information content (AvgIpc) is 3.38. The number of rotatable bonds is 12. The van der Waals surface area contributed by atoms with E-state index in [0.29, 0.717) is 40.5 Å². The van der Waals surface area contributed by atoms with Gasteiger partial charge in [-0.25, -0.2) is 19.2 Å². The largest absolute Gasteiger partial charge is 0.494 e. The van der Waals surface area contributed by atoms with Crippen LogP contribution in [0.2, 0.25) is 10.0 Å². The first-order valence-corrected chi connectivity index (χ1v) is 15.5. The Morgan fingerprint density at radius 1 is 0.978 bits per heavy atom. The lowest BCUT2D eigenvalue weighted by atomic mass is 9.82. The standard InChI is InChI=1S/C33H28BrCl2F2N3O4/c34-23-6-2-20(3-7-23)18-33(32(43)41-39-19-21-14-25(37)17-26(38)15-21)30(28-11-8-24(35)16-29(28)36)45-31(40-33)22-4-9-27(10-5-22)44-13-1-12-42/h2-11,14-17,30,39,42H,1,12-13,18-19H2,(H,41,43)/t30-,33-/m0/s1. The summed E-state index contributed by atoms with van der Waals surface area (Å²) in [4.78, 5) is 19.2. The number of halogens is 5. The Labute approximate surface area is 277 Å². The fraction of sp³-hybridized carbons (Fsp3) is 0.212. The van der Waals surface area contributed by atoms with Crippen LogP contribution in [0, 0.1) is 11.6 Å². The van der Waals surface area contributed by atoms with E-state index in [0.717, 1.165) is 16.1 Å². The predicted molar refractivity (Wildman–Crippen MR) is 172 cm³/mol. The summed E-state index contributed by atoms with van der Waals surface area (Å²) in [5, 5.41) is 9.73. The molecule has 1 aliphatic heterocycles. The third kappa shape index (κ3) is 8.01. The number of carbonyl (C=O) groups excluding carboxylic acids is 1. The number of aliphatic imine (C=N–C) groups is 1. The van der Waals surface area contributed by atoms with E-state index in [1.807, 2.05) is 24.3 Å². The number of hydrogen-bond donors (Lipinski definition) is 3. The number of nitrogens with zero attached hydrogens (tertiary/aromatic N) is 1. The Hall–Kier alpha value is -3.54. The van der Waals surface area contributed by atoms with Crippen molar-refractivity contribution in [2.24, 2.45) is 4.99 Å². The maximum atomic E-state index is 14.3. The predicted octanol–water partition coefficient (Wildman–Crippen LogP) is 7.12. The zero-order valence-electron chi connectivity index (χ0n) is 23.7. The van der Waals surface area contributed by atoms with E-state index in [2.05, 4.69) is 26.8 Å². The molecule has 234 valence electrons. The van der Waals surface area contributed by atoms with Gasteiger partial charge in [-0.1, -0.05) is 57.3 Å². The van der Waals surface area contributed by atoms with Crippen molar-refractivity contribution < 1.29 is 28.2 Å². The summed E-state index contributed by atoms with van der Waals surface area (Å²) in [5.74, 6) is -1.22. The van der Waals surface area contributed by atoms with Crippen LogP contribution in [0.1, 0.15) is 34.8 Å². The number of amides is 1. The Morgan fingerprint density at radius 2 is 1.69 bits per heavy atom. The minimum absolute atomic E-state index is 0.0217. The summed E-state index contributed by atoms with van der Waals surface area (Å²) in [6.45, 7) is 0.320. The minimum Gasteiger partial charge on any atom is -0.494 e. The molecule has 3 N–H and O–H groups in total. The molecular weight excluding hydrogens is 691 g/mol. The third-order valence-electron chi connectivity index (χ3n) is 7.08. The van der Waals surface area contributed by atoms with Crippen LogP contribution < -0.4 is 15.6 Å². The van der Waals surface area contributed by atoms with Crippen LogP contribution in [-0.4, -0.2) is 35.7 Å². The molecule has 0 radical (unpaired) electrons. The van der Waals surface area contributed by atoms with Gasteiger partial charge >= 0.3 is 0 Å². The molecule has 4 aromatic rings. The second kappa shape index (κ2) is 14.7. The van der Waals surface area contributed by atoms with E-state index in [-0.39, 0.29) is 30.5 Å². The monoisotopic (exact) mass is 717 g/mol. The molecule has 0 unspecified atom stereocenters. The maximum absolute atomic E-state index is 14.3. The molecule has 0 saturated heterocycles. The average molecular weight is 719 g/mol. The van der Waals surface area contributed by atoms with Crippen LogP contribution in [-0.2, 0) is 22.5 Å². The number of aliphatic hydroxyl groups is 1. The van der Waals surface area contributed by atoms with Crippen LogP contribution in [0.4, 0.5) is 8.78 Å². The lowest BCUT2D eigenvalue weighted by molar-refractivity contribution is -0.130. The number of ether oxygens (including phenoxy) is 2. The number of hydrogen-bond acceptors (Lipinski definition) is 6. The molecule has 45 heavy (non-hydrogen) atoms. The highest BCUT2D eigenvalue weighted by molar-refractivity contribution is 9.10. The van der Waals surface area contributed by atoms with Gasteiger partial charge in [0.2, 0.25) is 5.90 Å². The van der Waals surface area contributed by atoms with Gasteiger partial charge in [-0.3, -0.25) is 10.2 Å². The number of aliphatic hydroxyl groups excluding tert-OH is 1. The van der Waals surface area contributed by atoms with Crippen LogP contribution in [0.25, 0.3) is 0 Å². The minimum atomic E-state index is -1.59. The van der Waals surface area contributed by atoms with Gasteiger partial charge < -0.3 is 14.6 Å². The number of carbonyl (C=O) groups is 1. The zero-order valence-corrected chi connectivity index (χ0v) is 26.8. The van der Waals surface area contributed by atoms with Crippen LogP contribution >= 0.6 is 39.1 Å². The number of benzene rings is 4. The number of hydrazine groups is 1. The van der Waals surface area contributed by atoms with Gasteiger partial charge in [-0.05, 0) is 71.8 Å². The van der Waals surface area contributed by atoms with Crippen molar-refractivity contribution in [3.05, 3.63) is 133 Å². The second-order valence-electron chi connectivity index (χ2n) is 10.3. The molecule has 2 atom stereocenters. The molecule has 12 heteroatoms. The van der Waals surface area contributed by atoms with Crippen molar-refractivity contribution in [2.45, 2.75) is 31.0 Å². The Bertz CT molecular complexity index is 1670. The SMILES string of the molecule is O=C(NNCc1cc(F)cc(F)c1)[C@@]1(Cc2ccc(Br)cc2)N=C(c2ccc(OCCCO)cc2)O[C@H]1c1ccc(Cl)cc1Cl. The molecule has 1 heterocycles. The van der Waals surface area contributed by atoms with Crippen molar-refractivity contribution in [3.63, 3.8) is 0 Å². The highest BCUT2D eigenvalue weighted by Crippen LogP contribution is 2.45. The Kier molecular flexibility index (Phi) is 10.7. The first-order chi connectivity index (χ1) is 21.7. The molecule has 4 aromatic carbocycles. The molecule has 7 nitrogen and oxygen atoms in total. The van der Waals surface area contributed by atoms with E-state index in [1.165, 1.54) is 12.1 Å². The van der Waals surface area contributed by atoms with E-state index >= 15 is 0 Å². The van der Waals surface area contributed by atoms with Crippen molar-refractivity contribution in [3.8, 4) is 5.75 Å². The molecule has 5 rings (SSSR count). The van der Waals surface area contributed by atoms with Gasteiger partial charge in [0.1, 0.15) is 17.4 Å². The van der Waals surface area contributed by atoms with Crippen LogP contribution in [0.15, 0.2) is 94.4 Å². The van der Waals surface area contributed by atoms with E-state index in [4.69, 9.17) is 42.8 Å². The summed E-state index contributed by atoms with van der Waals surface area (Å²) in [7, 11) is 0. The summed E-state index contributed by atoms with van der Waals surface area (Å²) < 4.78 is 40.5. The Morgan fingerprint density at radius 3 is 2.36 bits per heavy atom. The fourth-order valence-corrected chi connectivity index (χ4v) is 5.71. The third-order valence-corrected chi connectivity index (χ3v) is 8.17. The van der Waals surface area contributed by atoms with Gasteiger partial charge in [-0.15, -0.1) is 0 Å². The highest BCUT2D eigenvalue weighted by atomic mass is 79.9. The van der Waals surface area contributed by atoms with Gasteiger partial charge in [-0.2, -0.15) is 0 Å². The summed E-state index contributed by atoms with van der Waals surface area (Å²) in [6, 6.07) is 22.5. The summed E-state index contributed by atoms with van der Waals surface area (Å²) in [5.41, 5.74) is 6.04. The Balaban J connectivity index is 1.53. The zero-order chi connectivity index (χ0) is 32.0. The quantitative estimate of drug-likeness (QED) is 0.107. The second-order valence-corrected chi connectivity index (χ2v) is 12.1. The number of nitrogens with one attached hydrogen (secondary N) is 2. The van der Waals surface area contributed by atoms with Crippen LogP contribution in [0.3, 0.4) is 0 Å². The molecule has 1 aliphatic rings. The molecule has 0 aliphatic carbocycles. The highest BCUT2D eigenvalue weighted by Gasteiger charge is 2.54. The molecule has 0 aromatic heterocycles. The fourth-order valence-electron chi connectivity index (χ4n) is 4.93. The van der Waals surface area contributed by atoms with Crippen LogP contribution in [0.5, 0.6) is 5.75 Å². The summed E-state index contributed by atoms with van der Waals surface area (Å²) in [6.07, 6.45) is -0.385. The van der Waals surface area contributed by atoms with E-state index < -0.39 is 29.2 Å². The van der Waals surface area contributed by atoms with Gasteiger partial charge in [0.05, 0.1) is 6.61 Å². The molecule has 1 amide bonds. The van der Waals surface area contributed by atoms with Gasteiger partial charge in [0, 0.05) is 57.7 Å². The van der Waals surface area contributed by atoms with E-state index in [9.17, 15) is 13.6 Å². The van der Waals surface area contributed by atoms with Crippen molar-refractivity contribution >= 4 is 50.9 Å². The normalized spacial score (nSPS) is 17.5. The molecular formula is C33H28BrCl2F2N3O4. The first kappa shape index (κ1) is 32.8. The molecule has 0 fully saturated rings. The van der Waals surface area contributed by atoms with Crippen molar-refractivity contribution in [1.82, 2.24) is 10.9 Å². The smallest absolute Gasteiger partial charge is 0.266 e. The maximum Gasteiger partial charge on any atom is 0.266 e. The molecule has 0 bridgehead atoms. The summed E-state index contributed by atoms with van der Waals surface area (Å²) >= 11 is 16.3. The van der Waals surface area contributed by atoms with Crippen molar-refractivity contribution in [2.75, 3.05) is 13.2 Å². The molecule has 0 saturated carbocycles. The lowest BCUT2D eigenvalue weighted by Crippen LogP contribution is -2.53. The van der Waals surface area contributed by atoms with Gasteiger partial charge in [0.15, 0.2) is 11.6 Å². The topological polar surface area (TPSA) is 92.2 Å². The van der Waals surface area contributed by atoms with Gasteiger partial charge in [0.25, 0.3) is 5.91 Å². The van der Waals surface area contributed by atoms with E-state index in [1.54, 1.807) is 42.5 Å². The lowest BCUT2D eigenvalue weighted by Gasteiger charge is -2.31. The molecule has 0 spiro atoms. The van der Waals surface area contributed by atoms with Crippen molar-refractivity contribution in [1.29, 1.82) is 0 Å². The first-order valence-electron chi connectivity index (χ1n) is 13.9.